The van der Waals surface area contributed by atoms with Crippen LogP contribution in [0.4, 0.5) is 23.2 Å². The van der Waals surface area contributed by atoms with Gasteiger partial charge < -0.3 is 9.64 Å². The van der Waals surface area contributed by atoms with Crippen LogP contribution < -0.4 is 14.4 Å². The van der Waals surface area contributed by atoms with Gasteiger partial charge >= 0.3 is 6.18 Å². The summed E-state index contributed by atoms with van der Waals surface area (Å²) in [7, 11) is -3.84. The van der Waals surface area contributed by atoms with E-state index in [1.807, 2.05) is 4.90 Å². The third-order valence-electron chi connectivity index (χ3n) is 5.47. The molecule has 0 aromatic heterocycles. The van der Waals surface area contributed by atoms with E-state index in [9.17, 15) is 30.8 Å². The number of nitrogens with one attached hydrogen (secondary N) is 1. The molecule has 1 saturated heterocycles. The van der Waals surface area contributed by atoms with Gasteiger partial charge in [0, 0.05) is 18.3 Å². The fraction of sp³-hybridized carbons (Fsp3) is 0.409. The highest BCUT2D eigenvalue weighted by molar-refractivity contribution is 7.90. The Kier molecular flexibility index (Phi) is 7.20. The molecule has 1 aliphatic heterocycles. The molecule has 1 fully saturated rings. The number of amides is 1. The van der Waals surface area contributed by atoms with Crippen molar-refractivity contribution in [2.24, 2.45) is 0 Å². The third kappa shape index (κ3) is 5.95. The van der Waals surface area contributed by atoms with Crippen LogP contribution in [0.5, 0.6) is 5.75 Å². The summed E-state index contributed by atoms with van der Waals surface area (Å²) in [6.07, 6.45) is -2.83. The van der Waals surface area contributed by atoms with Gasteiger partial charge in [-0.3, -0.25) is 4.79 Å². The van der Waals surface area contributed by atoms with Gasteiger partial charge in [-0.15, -0.1) is 0 Å². The first kappa shape index (κ1) is 24.8. The molecule has 0 radical (unpaired) electrons. The number of anilines is 1. The van der Waals surface area contributed by atoms with Crippen LogP contribution in [0.2, 0.25) is 0 Å². The lowest BCUT2D eigenvalue weighted by atomic mass is 10.1. The molecule has 0 unspecified atom stereocenters. The molecule has 0 aliphatic carbocycles. The average Bonchev–Trinajstić information content (AvgIpc) is 3.21. The van der Waals surface area contributed by atoms with Crippen LogP contribution in [-0.2, 0) is 16.2 Å². The molecule has 2 aromatic carbocycles. The van der Waals surface area contributed by atoms with Gasteiger partial charge in [-0.2, -0.15) is 13.2 Å². The minimum absolute atomic E-state index is 0.123. The van der Waals surface area contributed by atoms with Gasteiger partial charge in [0.1, 0.15) is 18.2 Å². The smallest absolute Gasteiger partial charge is 0.416 e. The van der Waals surface area contributed by atoms with E-state index in [1.165, 1.54) is 25.1 Å². The highest BCUT2D eigenvalue weighted by atomic mass is 32.2. The highest BCUT2D eigenvalue weighted by Gasteiger charge is 2.31. The Morgan fingerprint density at radius 3 is 2.48 bits per heavy atom. The van der Waals surface area contributed by atoms with E-state index in [1.54, 1.807) is 11.6 Å². The normalized spacial score (nSPS) is 16.7. The van der Waals surface area contributed by atoms with Crippen LogP contribution in [0.25, 0.3) is 0 Å². The molecule has 3 rings (SSSR count). The minimum atomic E-state index is -4.41. The molecular formula is C22H24F4N2O4S. The number of aryl methyl sites for hydroxylation is 1. The number of rotatable bonds is 7. The molecule has 1 atom stereocenters. The topological polar surface area (TPSA) is 75.7 Å². The molecule has 2 aromatic rings. The quantitative estimate of drug-likeness (QED) is 0.589. The van der Waals surface area contributed by atoms with Crippen molar-refractivity contribution in [2.45, 2.75) is 38.9 Å². The van der Waals surface area contributed by atoms with Crippen molar-refractivity contribution in [1.29, 1.82) is 0 Å². The number of hydrogen-bond donors (Lipinski definition) is 1. The van der Waals surface area contributed by atoms with E-state index < -0.39 is 39.1 Å². The summed E-state index contributed by atoms with van der Waals surface area (Å²) in [5.41, 5.74) is -0.0555. The summed E-state index contributed by atoms with van der Waals surface area (Å²) >= 11 is 0. The first-order valence-electron chi connectivity index (χ1n) is 10.3. The Balaban J connectivity index is 1.70. The zero-order chi connectivity index (χ0) is 24.4. The molecule has 1 aliphatic rings. The summed E-state index contributed by atoms with van der Waals surface area (Å²) in [6, 6.07) is 7.03. The second-order valence-corrected chi connectivity index (χ2v) is 9.79. The molecule has 0 bridgehead atoms. The summed E-state index contributed by atoms with van der Waals surface area (Å²) in [4.78, 5) is 14.1. The Morgan fingerprint density at radius 2 is 1.88 bits per heavy atom. The molecule has 1 N–H and O–H groups in total. The van der Waals surface area contributed by atoms with E-state index in [-0.39, 0.29) is 24.2 Å². The number of halogens is 4. The first-order chi connectivity index (χ1) is 15.4. The van der Waals surface area contributed by atoms with Crippen molar-refractivity contribution in [3.05, 3.63) is 58.9 Å². The van der Waals surface area contributed by atoms with Crippen LogP contribution in [0.3, 0.4) is 0 Å². The molecule has 0 saturated carbocycles. The highest BCUT2D eigenvalue weighted by Crippen LogP contribution is 2.33. The first-order valence-corrected chi connectivity index (χ1v) is 12.0. The van der Waals surface area contributed by atoms with Crippen molar-refractivity contribution < 1.29 is 35.5 Å². The van der Waals surface area contributed by atoms with Crippen LogP contribution in [0, 0.1) is 12.7 Å². The van der Waals surface area contributed by atoms with Gasteiger partial charge in [0.2, 0.25) is 10.0 Å². The van der Waals surface area contributed by atoms with Gasteiger partial charge in [-0.05, 0) is 62.6 Å². The van der Waals surface area contributed by atoms with E-state index in [2.05, 4.69) is 0 Å². The predicted octanol–water partition coefficient (Wildman–Crippen LogP) is 4.28. The van der Waals surface area contributed by atoms with E-state index in [4.69, 9.17) is 4.74 Å². The molecule has 180 valence electrons. The fourth-order valence-electron chi connectivity index (χ4n) is 3.64. The maximum Gasteiger partial charge on any atom is 0.416 e. The Morgan fingerprint density at radius 1 is 1.21 bits per heavy atom. The number of benzene rings is 2. The van der Waals surface area contributed by atoms with Crippen molar-refractivity contribution >= 4 is 21.6 Å². The monoisotopic (exact) mass is 488 g/mol. The number of alkyl halides is 3. The van der Waals surface area contributed by atoms with Crippen molar-refractivity contribution in [1.82, 2.24) is 4.72 Å². The molecule has 0 spiro atoms. The number of nitrogens with zero attached hydrogens (tertiary/aromatic N) is 1. The second-order valence-electron chi connectivity index (χ2n) is 7.78. The molecule has 1 heterocycles. The number of ether oxygens (including phenoxy) is 1. The number of carbonyl (C=O) groups excluding carboxylic acids is 1. The number of carbonyl (C=O) groups is 1. The standard InChI is InChI=1S/C22H24F4N2O4S/c1-3-33(30,31)27-21(29)18-11-14(2)20(12-19(18)23)32-13-17-5-4-10-28(17)16-8-6-15(7-9-16)22(24,25)26/h6-9,11-12,17H,3-5,10,13H2,1-2H3,(H,27,29)/t17-/m1/s1. The summed E-state index contributed by atoms with van der Waals surface area (Å²) in [5, 5.41) is 0. The van der Waals surface area contributed by atoms with Gasteiger partial charge in [0.05, 0.1) is 22.9 Å². The third-order valence-corrected chi connectivity index (χ3v) is 6.73. The average molecular weight is 489 g/mol. The maximum absolute atomic E-state index is 14.5. The molecule has 11 heteroatoms. The lowest BCUT2D eigenvalue weighted by Gasteiger charge is -2.27. The van der Waals surface area contributed by atoms with Gasteiger partial charge in [0.15, 0.2) is 0 Å². The summed E-state index contributed by atoms with van der Waals surface area (Å²) < 4.78 is 83.6. The Hall–Kier alpha value is -2.82. The van der Waals surface area contributed by atoms with Gasteiger partial charge in [0.25, 0.3) is 5.91 Å². The van der Waals surface area contributed by atoms with E-state index in [0.29, 0.717) is 17.8 Å². The van der Waals surface area contributed by atoms with E-state index in [0.717, 1.165) is 31.0 Å². The second kappa shape index (κ2) is 9.58. The molecular weight excluding hydrogens is 464 g/mol. The van der Waals surface area contributed by atoms with Crippen molar-refractivity contribution in [3.63, 3.8) is 0 Å². The van der Waals surface area contributed by atoms with Crippen LogP contribution in [0.1, 0.15) is 41.3 Å². The summed E-state index contributed by atoms with van der Waals surface area (Å²) in [6.45, 7) is 3.77. The Bertz CT molecular complexity index is 1120. The van der Waals surface area contributed by atoms with Crippen molar-refractivity contribution in [2.75, 3.05) is 23.8 Å². The predicted molar refractivity (Wildman–Crippen MR) is 115 cm³/mol. The van der Waals surface area contributed by atoms with Crippen molar-refractivity contribution in [3.8, 4) is 5.75 Å². The van der Waals surface area contributed by atoms with Gasteiger partial charge in [-0.1, -0.05) is 0 Å². The zero-order valence-electron chi connectivity index (χ0n) is 18.1. The van der Waals surface area contributed by atoms with Crippen LogP contribution in [-0.4, -0.2) is 39.3 Å². The summed E-state index contributed by atoms with van der Waals surface area (Å²) in [5.74, 6) is -2.11. The lowest BCUT2D eigenvalue weighted by Crippen LogP contribution is -2.34. The number of hydrogen-bond acceptors (Lipinski definition) is 5. The van der Waals surface area contributed by atoms with Crippen LogP contribution in [0.15, 0.2) is 36.4 Å². The zero-order valence-corrected chi connectivity index (χ0v) is 18.9. The largest absolute Gasteiger partial charge is 0.491 e. The van der Waals surface area contributed by atoms with E-state index >= 15 is 0 Å². The maximum atomic E-state index is 14.5. The van der Waals surface area contributed by atoms with Gasteiger partial charge in [-0.25, -0.2) is 17.5 Å². The SMILES string of the molecule is CCS(=O)(=O)NC(=O)c1cc(C)c(OC[C@H]2CCCN2c2ccc(C(F)(F)F)cc2)cc1F. The molecule has 6 nitrogen and oxygen atoms in total. The molecule has 33 heavy (non-hydrogen) atoms. The molecule has 1 amide bonds. The Labute approximate surface area is 189 Å². The lowest BCUT2D eigenvalue weighted by molar-refractivity contribution is -0.137. The fourth-order valence-corrected chi connectivity index (χ4v) is 4.17. The number of sulfonamides is 1. The minimum Gasteiger partial charge on any atom is -0.491 e. The van der Waals surface area contributed by atoms with Crippen LogP contribution >= 0.6 is 0 Å².